The lowest BCUT2D eigenvalue weighted by Crippen LogP contribution is -2.33. The summed E-state index contributed by atoms with van der Waals surface area (Å²) < 4.78 is 27.7. The molecule has 0 aliphatic heterocycles. The second-order valence-corrected chi connectivity index (χ2v) is 8.28. The summed E-state index contributed by atoms with van der Waals surface area (Å²) in [6.45, 7) is 0. The van der Waals surface area contributed by atoms with Gasteiger partial charge in [0.1, 0.15) is 4.21 Å². The van der Waals surface area contributed by atoms with E-state index in [9.17, 15) is 13.5 Å². The lowest BCUT2D eigenvalue weighted by molar-refractivity contribution is 0.151. The molecule has 2 atom stereocenters. The first-order valence-corrected chi connectivity index (χ1v) is 8.69. The van der Waals surface area contributed by atoms with E-state index < -0.39 is 22.2 Å². The SMILES string of the molecule is O=S(=O)(NC1c2ccccc2CC1O)c1ccc(Cl)s1. The second kappa shape index (κ2) is 5.13. The van der Waals surface area contributed by atoms with Crippen LogP contribution in [0, 0.1) is 0 Å². The molecular weight excluding hydrogens is 318 g/mol. The van der Waals surface area contributed by atoms with Gasteiger partial charge in [-0.25, -0.2) is 13.1 Å². The molecule has 0 saturated carbocycles. The van der Waals surface area contributed by atoms with E-state index in [2.05, 4.69) is 4.72 Å². The number of fused-ring (bicyclic) bond motifs is 1. The maximum absolute atomic E-state index is 12.3. The zero-order chi connectivity index (χ0) is 14.3. The molecule has 0 bridgehead atoms. The quantitative estimate of drug-likeness (QED) is 0.908. The third-order valence-electron chi connectivity index (χ3n) is 3.30. The number of benzene rings is 1. The fraction of sp³-hybridized carbons (Fsp3) is 0.231. The van der Waals surface area contributed by atoms with Gasteiger partial charge < -0.3 is 5.11 Å². The van der Waals surface area contributed by atoms with Gasteiger partial charge >= 0.3 is 0 Å². The van der Waals surface area contributed by atoms with Crippen molar-refractivity contribution in [2.75, 3.05) is 0 Å². The van der Waals surface area contributed by atoms with Crippen molar-refractivity contribution in [3.05, 3.63) is 51.9 Å². The average molecular weight is 330 g/mol. The molecule has 1 aliphatic rings. The fourth-order valence-electron chi connectivity index (χ4n) is 2.38. The molecule has 1 aromatic carbocycles. The Morgan fingerprint density at radius 2 is 2.00 bits per heavy atom. The van der Waals surface area contributed by atoms with Crippen molar-refractivity contribution in [1.82, 2.24) is 4.72 Å². The first-order chi connectivity index (χ1) is 9.47. The molecule has 4 nitrogen and oxygen atoms in total. The molecule has 7 heteroatoms. The summed E-state index contributed by atoms with van der Waals surface area (Å²) in [5, 5.41) is 10.1. The highest BCUT2D eigenvalue weighted by atomic mass is 35.5. The van der Waals surface area contributed by atoms with Gasteiger partial charge in [-0.1, -0.05) is 35.9 Å². The predicted molar refractivity (Wildman–Crippen MR) is 78.5 cm³/mol. The smallest absolute Gasteiger partial charge is 0.250 e. The summed E-state index contributed by atoms with van der Waals surface area (Å²) in [4.78, 5) is 0. The Balaban J connectivity index is 1.92. The molecule has 3 rings (SSSR count). The first-order valence-electron chi connectivity index (χ1n) is 6.01. The van der Waals surface area contributed by atoms with Crippen molar-refractivity contribution >= 4 is 33.0 Å². The molecule has 2 aromatic rings. The average Bonchev–Trinajstić information content (AvgIpc) is 2.95. The van der Waals surface area contributed by atoms with Gasteiger partial charge in [0.2, 0.25) is 0 Å². The minimum atomic E-state index is -3.67. The molecule has 1 aliphatic carbocycles. The van der Waals surface area contributed by atoms with E-state index in [0.29, 0.717) is 10.8 Å². The zero-order valence-corrected chi connectivity index (χ0v) is 12.7. The Hall–Kier alpha value is -0.920. The molecule has 20 heavy (non-hydrogen) atoms. The van der Waals surface area contributed by atoms with E-state index in [-0.39, 0.29) is 4.21 Å². The lowest BCUT2D eigenvalue weighted by Gasteiger charge is -2.17. The number of nitrogens with one attached hydrogen (secondary N) is 1. The van der Waals surface area contributed by atoms with Crippen LogP contribution >= 0.6 is 22.9 Å². The van der Waals surface area contributed by atoms with Crippen LogP contribution in [0.25, 0.3) is 0 Å². The maximum atomic E-state index is 12.3. The molecule has 1 heterocycles. The van der Waals surface area contributed by atoms with Gasteiger partial charge in [-0.2, -0.15) is 0 Å². The Morgan fingerprint density at radius 1 is 1.25 bits per heavy atom. The summed E-state index contributed by atoms with van der Waals surface area (Å²) in [5.74, 6) is 0. The summed E-state index contributed by atoms with van der Waals surface area (Å²) in [6.07, 6.45) is -0.299. The van der Waals surface area contributed by atoms with Crippen molar-refractivity contribution < 1.29 is 13.5 Å². The van der Waals surface area contributed by atoms with Crippen molar-refractivity contribution in [3.8, 4) is 0 Å². The summed E-state index contributed by atoms with van der Waals surface area (Å²) in [5.41, 5.74) is 1.79. The highest BCUT2D eigenvalue weighted by molar-refractivity contribution is 7.91. The second-order valence-electron chi connectivity index (χ2n) is 4.63. The zero-order valence-electron chi connectivity index (χ0n) is 10.3. The van der Waals surface area contributed by atoms with Crippen LogP contribution in [0.4, 0.5) is 0 Å². The molecule has 2 unspecified atom stereocenters. The number of aliphatic hydroxyl groups is 1. The van der Waals surface area contributed by atoms with Crippen molar-refractivity contribution in [3.63, 3.8) is 0 Å². The van der Waals surface area contributed by atoms with Crippen molar-refractivity contribution in [2.45, 2.75) is 22.8 Å². The van der Waals surface area contributed by atoms with E-state index in [1.54, 1.807) is 6.07 Å². The van der Waals surface area contributed by atoms with Crippen LogP contribution in [-0.2, 0) is 16.4 Å². The summed E-state index contributed by atoms with van der Waals surface area (Å²) in [7, 11) is -3.67. The number of halogens is 1. The fourth-order valence-corrected chi connectivity index (χ4v) is 5.13. The number of hydrogen-bond donors (Lipinski definition) is 2. The summed E-state index contributed by atoms with van der Waals surface area (Å²) in [6, 6.07) is 9.83. The van der Waals surface area contributed by atoms with Crippen LogP contribution in [0.3, 0.4) is 0 Å². The van der Waals surface area contributed by atoms with E-state index >= 15 is 0 Å². The highest BCUT2D eigenvalue weighted by Gasteiger charge is 2.34. The Morgan fingerprint density at radius 3 is 2.70 bits per heavy atom. The summed E-state index contributed by atoms with van der Waals surface area (Å²) >= 11 is 6.76. The Labute approximate surface area is 126 Å². The van der Waals surface area contributed by atoms with Crippen LogP contribution in [-0.4, -0.2) is 19.6 Å². The van der Waals surface area contributed by atoms with Crippen LogP contribution in [0.15, 0.2) is 40.6 Å². The molecule has 0 saturated heterocycles. The van der Waals surface area contributed by atoms with Crippen LogP contribution in [0.2, 0.25) is 4.34 Å². The Kier molecular flexibility index (Phi) is 3.60. The highest BCUT2D eigenvalue weighted by Crippen LogP contribution is 2.33. The Bertz CT molecular complexity index is 742. The van der Waals surface area contributed by atoms with Gasteiger partial charge in [-0.15, -0.1) is 11.3 Å². The largest absolute Gasteiger partial charge is 0.391 e. The number of thiophene rings is 1. The van der Waals surface area contributed by atoms with Gasteiger partial charge in [-0.05, 0) is 23.3 Å². The van der Waals surface area contributed by atoms with E-state index in [1.807, 2.05) is 24.3 Å². The molecule has 0 radical (unpaired) electrons. The molecule has 1 aromatic heterocycles. The van der Waals surface area contributed by atoms with Crippen LogP contribution in [0.1, 0.15) is 17.2 Å². The minimum absolute atomic E-state index is 0.152. The minimum Gasteiger partial charge on any atom is -0.391 e. The van der Waals surface area contributed by atoms with E-state index in [0.717, 1.165) is 22.5 Å². The first kappa shape index (κ1) is 14.0. The van der Waals surface area contributed by atoms with Gasteiger partial charge in [0, 0.05) is 6.42 Å². The molecule has 0 spiro atoms. The molecule has 0 fully saturated rings. The van der Waals surface area contributed by atoms with Crippen LogP contribution in [0.5, 0.6) is 0 Å². The molecule has 0 amide bonds. The standard InChI is InChI=1S/C13H12ClNO3S2/c14-11-5-6-12(19-11)20(17,18)15-13-9-4-2-1-3-8(9)7-10(13)16/h1-6,10,13,15-16H,7H2. The monoisotopic (exact) mass is 329 g/mol. The van der Waals surface area contributed by atoms with Crippen LogP contribution < -0.4 is 4.72 Å². The number of sulfonamides is 1. The molecule has 2 N–H and O–H groups in total. The van der Waals surface area contributed by atoms with E-state index in [1.165, 1.54) is 6.07 Å². The predicted octanol–water partition coefficient (Wildman–Crippen LogP) is 2.34. The van der Waals surface area contributed by atoms with Crippen molar-refractivity contribution in [2.24, 2.45) is 0 Å². The third kappa shape index (κ3) is 2.49. The van der Waals surface area contributed by atoms with Gasteiger partial charge in [-0.3, -0.25) is 0 Å². The third-order valence-corrected chi connectivity index (χ3v) is 6.46. The van der Waals surface area contributed by atoms with Crippen molar-refractivity contribution in [1.29, 1.82) is 0 Å². The molecular formula is C13H12ClNO3S2. The van der Waals surface area contributed by atoms with E-state index in [4.69, 9.17) is 11.6 Å². The number of aliphatic hydroxyl groups excluding tert-OH is 1. The number of hydrogen-bond acceptors (Lipinski definition) is 4. The van der Waals surface area contributed by atoms with Gasteiger partial charge in [0.25, 0.3) is 10.0 Å². The van der Waals surface area contributed by atoms with Gasteiger partial charge in [0.15, 0.2) is 0 Å². The lowest BCUT2D eigenvalue weighted by atomic mass is 10.1. The normalized spacial score (nSPS) is 21.9. The molecule has 106 valence electrons. The van der Waals surface area contributed by atoms with Gasteiger partial charge in [0.05, 0.1) is 16.5 Å². The maximum Gasteiger partial charge on any atom is 0.250 e. The number of rotatable bonds is 3. The topological polar surface area (TPSA) is 66.4 Å².